The Hall–Kier alpha value is -2.80. The molecule has 0 unspecified atom stereocenters. The van der Waals surface area contributed by atoms with Crippen molar-refractivity contribution in [3.63, 3.8) is 0 Å². The minimum atomic E-state index is 0.767. The van der Waals surface area contributed by atoms with E-state index in [-0.39, 0.29) is 0 Å². The Balaban J connectivity index is 1.55. The molecule has 1 N–H and O–H groups in total. The summed E-state index contributed by atoms with van der Waals surface area (Å²) in [7, 11) is 0. The van der Waals surface area contributed by atoms with Crippen LogP contribution in [0.25, 0.3) is 21.6 Å². The van der Waals surface area contributed by atoms with Gasteiger partial charge >= 0.3 is 0 Å². The summed E-state index contributed by atoms with van der Waals surface area (Å²) in [6, 6.07) is 3.97. The first-order valence-corrected chi connectivity index (χ1v) is 10.2. The van der Waals surface area contributed by atoms with Crippen LogP contribution in [-0.4, -0.2) is 31.7 Å². The Kier molecular flexibility index (Phi) is 3.31. The molecule has 0 fully saturated rings. The molecule has 7 heteroatoms. The highest BCUT2D eigenvalue weighted by molar-refractivity contribution is 7.19. The molecule has 0 aromatic carbocycles. The lowest BCUT2D eigenvalue weighted by Crippen LogP contribution is -2.31. The highest BCUT2D eigenvalue weighted by Crippen LogP contribution is 2.42. The SMILES string of the molecule is c1cncc(-c2nc(N3CCc4[nH]ncc4C3)c3c4c(sc3n2)CCC4)c1. The first-order valence-electron chi connectivity index (χ1n) is 9.35. The van der Waals surface area contributed by atoms with Crippen LogP contribution in [0.5, 0.6) is 0 Å². The van der Waals surface area contributed by atoms with Crippen LogP contribution >= 0.6 is 11.3 Å². The van der Waals surface area contributed by atoms with Gasteiger partial charge < -0.3 is 4.90 Å². The van der Waals surface area contributed by atoms with E-state index in [0.29, 0.717) is 0 Å². The first kappa shape index (κ1) is 15.3. The Morgan fingerprint density at radius 1 is 1.11 bits per heavy atom. The highest BCUT2D eigenvalue weighted by Gasteiger charge is 2.27. The van der Waals surface area contributed by atoms with Crippen molar-refractivity contribution in [2.24, 2.45) is 0 Å². The van der Waals surface area contributed by atoms with Crippen LogP contribution < -0.4 is 4.90 Å². The van der Waals surface area contributed by atoms with Crippen LogP contribution in [0.2, 0.25) is 0 Å². The number of anilines is 1. The van der Waals surface area contributed by atoms with Crippen molar-refractivity contribution in [1.82, 2.24) is 25.1 Å². The average molecular weight is 374 g/mol. The number of fused-ring (bicyclic) bond motifs is 4. The minimum Gasteiger partial charge on any atom is -0.351 e. The van der Waals surface area contributed by atoms with Crippen molar-refractivity contribution in [2.45, 2.75) is 32.2 Å². The summed E-state index contributed by atoms with van der Waals surface area (Å²) in [5.74, 6) is 1.84. The molecule has 4 aromatic heterocycles. The third kappa shape index (κ3) is 2.38. The third-order valence-corrected chi connectivity index (χ3v) is 6.75. The van der Waals surface area contributed by atoms with Crippen LogP contribution in [0, 0.1) is 0 Å². The van der Waals surface area contributed by atoms with Gasteiger partial charge in [-0.2, -0.15) is 5.10 Å². The summed E-state index contributed by atoms with van der Waals surface area (Å²) < 4.78 is 0. The van der Waals surface area contributed by atoms with Gasteiger partial charge in [-0.1, -0.05) is 0 Å². The Morgan fingerprint density at radius 3 is 3.04 bits per heavy atom. The number of thiophene rings is 1. The maximum Gasteiger partial charge on any atom is 0.164 e. The largest absolute Gasteiger partial charge is 0.351 e. The fourth-order valence-corrected chi connectivity index (χ4v) is 5.49. The lowest BCUT2D eigenvalue weighted by Gasteiger charge is -2.28. The summed E-state index contributed by atoms with van der Waals surface area (Å²) in [5, 5.41) is 8.61. The van der Waals surface area contributed by atoms with Crippen molar-refractivity contribution >= 4 is 27.4 Å². The van der Waals surface area contributed by atoms with E-state index in [1.807, 2.05) is 35.9 Å². The molecular formula is C20H18N6S. The Labute approximate surface area is 160 Å². The lowest BCUT2D eigenvalue weighted by molar-refractivity contribution is 0.713. The Bertz CT molecular complexity index is 1150. The fraction of sp³-hybridized carbons (Fsp3) is 0.300. The number of aromatic nitrogens is 5. The predicted octanol–water partition coefficient (Wildman–Crippen LogP) is 3.53. The van der Waals surface area contributed by atoms with Crippen molar-refractivity contribution in [1.29, 1.82) is 0 Å². The van der Waals surface area contributed by atoms with Crippen LogP contribution in [-0.2, 0) is 25.8 Å². The van der Waals surface area contributed by atoms with E-state index in [2.05, 4.69) is 20.1 Å². The topological polar surface area (TPSA) is 70.6 Å². The number of nitrogens with zero attached hydrogens (tertiary/aromatic N) is 5. The van der Waals surface area contributed by atoms with Gasteiger partial charge in [0.25, 0.3) is 0 Å². The molecule has 134 valence electrons. The van der Waals surface area contributed by atoms with Gasteiger partial charge in [0.1, 0.15) is 10.6 Å². The molecule has 4 aromatic rings. The number of nitrogens with one attached hydrogen (secondary N) is 1. The van der Waals surface area contributed by atoms with Crippen LogP contribution in [0.15, 0.2) is 30.7 Å². The maximum absolute atomic E-state index is 5.05. The van der Waals surface area contributed by atoms with Gasteiger partial charge in [-0.15, -0.1) is 11.3 Å². The second-order valence-corrected chi connectivity index (χ2v) is 8.28. The molecule has 0 saturated carbocycles. The molecule has 6 nitrogen and oxygen atoms in total. The molecule has 0 spiro atoms. The van der Waals surface area contributed by atoms with E-state index in [9.17, 15) is 0 Å². The highest BCUT2D eigenvalue weighted by atomic mass is 32.1. The number of aryl methyl sites for hydroxylation is 2. The van der Waals surface area contributed by atoms with Gasteiger partial charge in [-0.05, 0) is 37.0 Å². The second kappa shape index (κ2) is 5.85. The van der Waals surface area contributed by atoms with E-state index in [1.165, 1.54) is 39.9 Å². The number of pyridine rings is 1. The van der Waals surface area contributed by atoms with E-state index in [0.717, 1.165) is 48.0 Å². The van der Waals surface area contributed by atoms with E-state index in [4.69, 9.17) is 9.97 Å². The second-order valence-electron chi connectivity index (χ2n) is 7.20. The molecule has 2 aliphatic rings. The molecule has 0 radical (unpaired) electrons. The smallest absolute Gasteiger partial charge is 0.164 e. The van der Waals surface area contributed by atoms with E-state index < -0.39 is 0 Å². The zero-order valence-electron chi connectivity index (χ0n) is 14.8. The molecule has 5 heterocycles. The third-order valence-electron chi connectivity index (χ3n) is 5.57. The predicted molar refractivity (Wildman–Crippen MR) is 106 cm³/mol. The number of aromatic amines is 1. The molecule has 1 aliphatic carbocycles. The summed E-state index contributed by atoms with van der Waals surface area (Å²) in [4.78, 5) is 19.2. The summed E-state index contributed by atoms with van der Waals surface area (Å²) in [6.07, 6.45) is 10.1. The van der Waals surface area contributed by atoms with Crippen LogP contribution in [0.3, 0.4) is 0 Å². The van der Waals surface area contributed by atoms with Crippen molar-refractivity contribution in [3.8, 4) is 11.4 Å². The molecule has 0 saturated heterocycles. The minimum absolute atomic E-state index is 0.767. The van der Waals surface area contributed by atoms with E-state index in [1.54, 1.807) is 6.20 Å². The van der Waals surface area contributed by atoms with Crippen LogP contribution in [0.1, 0.15) is 28.1 Å². The Morgan fingerprint density at radius 2 is 2.11 bits per heavy atom. The normalized spacial score (nSPS) is 15.9. The lowest BCUT2D eigenvalue weighted by atomic mass is 10.1. The van der Waals surface area contributed by atoms with Gasteiger partial charge in [-0.25, -0.2) is 9.97 Å². The van der Waals surface area contributed by atoms with Gasteiger partial charge in [0.2, 0.25) is 0 Å². The van der Waals surface area contributed by atoms with Crippen molar-refractivity contribution < 1.29 is 0 Å². The summed E-state index contributed by atoms with van der Waals surface area (Å²) >= 11 is 1.84. The quantitative estimate of drug-likeness (QED) is 0.581. The maximum atomic E-state index is 5.05. The average Bonchev–Trinajstić information content (AvgIpc) is 3.42. The molecule has 27 heavy (non-hydrogen) atoms. The van der Waals surface area contributed by atoms with Crippen LogP contribution in [0.4, 0.5) is 5.82 Å². The zero-order valence-corrected chi connectivity index (χ0v) is 15.6. The fourth-order valence-electron chi connectivity index (χ4n) is 4.23. The number of hydrogen-bond acceptors (Lipinski definition) is 6. The summed E-state index contributed by atoms with van der Waals surface area (Å²) in [6.45, 7) is 1.79. The number of H-pyrrole nitrogens is 1. The molecule has 0 atom stereocenters. The van der Waals surface area contributed by atoms with Gasteiger partial charge in [0, 0.05) is 53.6 Å². The monoisotopic (exact) mass is 374 g/mol. The van der Waals surface area contributed by atoms with Gasteiger partial charge in [-0.3, -0.25) is 10.1 Å². The van der Waals surface area contributed by atoms with Crippen molar-refractivity contribution in [2.75, 3.05) is 11.4 Å². The first-order chi connectivity index (χ1) is 13.4. The molecule has 0 amide bonds. The molecule has 6 rings (SSSR count). The molecule has 0 bridgehead atoms. The molecule has 1 aliphatic heterocycles. The molecular weight excluding hydrogens is 356 g/mol. The zero-order chi connectivity index (χ0) is 17.8. The summed E-state index contributed by atoms with van der Waals surface area (Å²) in [5.41, 5.74) is 4.96. The standard InChI is InChI=1S/C20H18N6S/c1-4-14-16(5-1)27-20-17(14)19(23-18(24-20)12-3-2-7-21-9-12)26-8-6-15-13(11-26)10-22-25-15/h2-3,7,9-10H,1,4-6,8,11H2,(H,22,25). The number of rotatable bonds is 2. The van der Waals surface area contributed by atoms with Gasteiger partial charge in [0.05, 0.1) is 11.6 Å². The van der Waals surface area contributed by atoms with Gasteiger partial charge in [0.15, 0.2) is 5.82 Å². The van der Waals surface area contributed by atoms with E-state index >= 15 is 0 Å². The number of hydrogen-bond donors (Lipinski definition) is 1. The van der Waals surface area contributed by atoms with Crippen molar-refractivity contribution in [3.05, 3.63) is 52.4 Å².